The molecule has 0 fully saturated rings. The number of benzene rings is 4. The molecule has 7 heteroatoms. The zero-order valence-corrected chi connectivity index (χ0v) is 20.4. The number of carbonyl (C=O) groups is 1. The third-order valence-electron chi connectivity index (χ3n) is 6.49. The van der Waals surface area contributed by atoms with Gasteiger partial charge in [-0.05, 0) is 72.7 Å². The molecule has 0 atom stereocenters. The highest BCUT2D eigenvalue weighted by molar-refractivity contribution is 6.06. The van der Waals surface area contributed by atoms with Gasteiger partial charge in [0.2, 0.25) is 5.95 Å². The normalized spacial score (nSPS) is 12.2. The second-order valence-electron chi connectivity index (χ2n) is 9.15. The molecular formula is C30H26N6O. The summed E-state index contributed by atoms with van der Waals surface area (Å²) in [5.74, 6) is 1.27. The van der Waals surface area contributed by atoms with E-state index in [1.807, 2.05) is 73.7 Å². The van der Waals surface area contributed by atoms with Crippen molar-refractivity contribution in [1.29, 1.82) is 0 Å². The lowest BCUT2D eigenvalue weighted by molar-refractivity contribution is 0.262. The second kappa shape index (κ2) is 9.62. The van der Waals surface area contributed by atoms with Gasteiger partial charge in [0.05, 0.1) is 5.69 Å². The van der Waals surface area contributed by atoms with E-state index in [4.69, 9.17) is 0 Å². The smallest absolute Gasteiger partial charge is 0.323 e. The van der Waals surface area contributed by atoms with Crippen molar-refractivity contribution >= 4 is 51.3 Å². The fourth-order valence-electron chi connectivity index (χ4n) is 4.59. The molecule has 0 aliphatic carbocycles. The van der Waals surface area contributed by atoms with Gasteiger partial charge in [0, 0.05) is 34.2 Å². The molecule has 1 aliphatic heterocycles. The molecule has 4 aromatic carbocycles. The van der Waals surface area contributed by atoms with Crippen molar-refractivity contribution < 1.29 is 4.79 Å². The summed E-state index contributed by atoms with van der Waals surface area (Å²) in [6.45, 7) is 1.97. The molecule has 1 aliphatic rings. The summed E-state index contributed by atoms with van der Waals surface area (Å²) >= 11 is 0. The lowest BCUT2D eigenvalue weighted by atomic mass is 10.0. The van der Waals surface area contributed by atoms with E-state index < -0.39 is 0 Å². The van der Waals surface area contributed by atoms with Crippen molar-refractivity contribution in [3.05, 3.63) is 108 Å². The van der Waals surface area contributed by atoms with Crippen LogP contribution in [0.5, 0.6) is 0 Å². The first-order valence-electron chi connectivity index (χ1n) is 12.3. The van der Waals surface area contributed by atoms with Crippen LogP contribution in [-0.4, -0.2) is 16.0 Å². The highest BCUT2D eigenvalue weighted by atomic mass is 16.2. The number of aryl methyl sites for hydroxylation is 3. The van der Waals surface area contributed by atoms with Gasteiger partial charge < -0.3 is 21.3 Å². The van der Waals surface area contributed by atoms with Crippen LogP contribution < -0.4 is 21.3 Å². The Balaban J connectivity index is 1.31. The molecule has 6 rings (SSSR count). The minimum atomic E-state index is -0.279. The molecule has 0 unspecified atom stereocenters. The molecule has 37 heavy (non-hydrogen) atoms. The van der Waals surface area contributed by atoms with Gasteiger partial charge >= 0.3 is 6.03 Å². The monoisotopic (exact) mass is 486 g/mol. The Morgan fingerprint density at radius 2 is 1.62 bits per heavy atom. The first kappa shape index (κ1) is 22.5. The van der Waals surface area contributed by atoms with Crippen LogP contribution in [0.2, 0.25) is 0 Å². The lowest BCUT2D eigenvalue weighted by Crippen LogP contribution is -2.20. The number of hydrogen-bond acceptors (Lipinski definition) is 5. The number of aromatic nitrogens is 2. The van der Waals surface area contributed by atoms with Gasteiger partial charge in [-0.2, -0.15) is 4.98 Å². The van der Waals surface area contributed by atoms with E-state index in [1.165, 1.54) is 5.56 Å². The summed E-state index contributed by atoms with van der Waals surface area (Å²) in [5, 5.41) is 14.9. The van der Waals surface area contributed by atoms with Gasteiger partial charge in [0.1, 0.15) is 5.82 Å². The zero-order valence-electron chi connectivity index (χ0n) is 20.4. The van der Waals surface area contributed by atoms with E-state index in [2.05, 4.69) is 49.4 Å². The minimum absolute atomic E-state index is 0.279. The lowest BCUT2D eigenvalue weighted by Gasteiger charge is -2.16. The molecule has 0 saturated carbocycles. The standard InChI is InChI=1S/C30H26N6O/c1-19-18-31-29-33-23-9-4-6-20(16-23)12-13-22-17-24(32-28(19)36-29)14-15-26(22)34-30(37)35-27-11-5-8-21-7-2-3-10-25(21)27/h2-11,14-18H,12-13H2,1H3,(H2,34,35,37)(H2,31,32,33,36). The van der Waals surface area contributed by atoms with Crippen LogP contribution >= 0.6 is 0 Å². The second-order valence-corrected chi connectivity index (χ2v) is 9.15. The van der Waals surface area contributed by atoms with Crippen LogP contribution in [-0.2, 0) is 12.8 Å². The van der Waals surface area contributed by atoms with E-state index in [0.29, 0.717) is 5.95 Å². The summed E-state index contributed by atoms with van der Waals surface area (Å²) in [6.07, 6.45) is 3.37. The number of amides is 2. The van der Waals surface area contributed by atoms with E-state index in [9.17, 15) is 4.79 Å². The van der Waals surface area contributed by atoms with Crippen LogP contribution in [0.3, 0.4) is 0 Å². The Morgan fingerprint density at radius 1 is 0.811 bits per heavy atom. The number of urea groups is 1. The maximum absolute atomic E-state index is 13.1. The summed E-state index contributed by atoms with van der Waals surface area (Å²) in [6, 6.07) is 27.8. The molecule has 2 heterocycles. The number of anilines is 6. The molecular weight excluding hydrogens is 460 g/mol. The molecule has 4 N–H and O–H groups in total. The molecule has 1 aromatic heterocycles. The van der Waals surface area contributed by atoms with Crippen LogP contribution in [0.4, 0.5) is 39.3 Å². The highest BCUT2D eigenvalue weighted by Gasteiger charge is 2.13. The fraction of sp³-hybridized carbons (Fsp3) is 0.100. The molecule has 2 amide bonds. The summed E-state index contributed by atoms with van der Waals surface area (Å²) < 4.78 is 0. The van der Waals surface area contributed by atoms with Gasteiger partial charge in [0.25, 0.3) is 0 Å². The van der Waals surface area contributed by atoms with Crippen molar-refractivity contribution in [2.75, 3.05) is 21.3 Å². The Labute approximate surface area is 215 Å². The Morgan fingerprint density at radius 3 is 2.57 bits per heavy atom. The van der Waals surface area contributed by atoms with Gasteiger partial charge in [-0.3, -0.25) is 0 Å². The predicted octanol–water partition coefficient (Wildman–Crippen LogP) is 7.17. The molecule has 5 aromatic rings. The topological polar surface area (TPSA) is 91.0 Å². The van der Waals surface area contributed by atoms with Crippen molar-refractivity contribution in [3.63, 3.8) is 0 Å². The van der Waals surface area contributed by atoms with Crippen LogP contribution in [0.15, 0.2) is 91.1 Å². The molecule has 0 saturated heterocycles. The molecule has 0 spiro atoms. The van der Waals surface area contributed by atoms with Gasteiger partial charge in [-0.1, -0.05) is 48.5 Å². The SMILES string of the molecule is Cc1cnc2nc1Nc1ccc(NC(=O)Nc3cccc4ccccc34)c(c1)CCc1cccc(c1)N2. The number of rotatable bonds is 2. The van der Waals surface area contributed by atoms with Gasteiger partial charge in [-0.25, -0.2) is 9.78 Å². The molecule has 182 valence electrons. The van der Waals surface area contributed by atoms with Crippen molar-refractivity contribution in [3.8, 4) is 0 Å². The summed E-state index contributed by atoms with van der Waals surface area (Å²) in [7, 11) is 0. The van der Waals surface area contributed by atoms with Crippen molar-refractivity contribution in [2.24, 2.45) is 0 Å². The Bertz CT molecular complexity index is 1630. The maximum atomic E-state index is 13.1. The third kappa shape index (κ3) is 4.92. The molecule has 0 radical (unpaired) electrons. The van der Waals surface area contributed by atoms with Crippen molar-refractivity contribution in [1.82, 2.24) is 9.97 Å². The summed E-state index contributed by atoms with van der Waals surface area (Å²) in [5.41, 5.74) is 6.52. The predicted molar refractivity (Wildman–Crippen MR) is 150 cm³/mol. The number of nitrogens with zero attached hydrogens (tertiary/aromatic N) is 2. The van der Waals surface area contributed by atoms with E-state index >= 15 is 0 Å². The maximum Gasteiger partial charge on any atom is 0.323 e. The number of hydrogen-bond donors (Lipinski definition) is 4. The molecule has 7 nitrogen and oxygen atoms in total. The van der Waals surface area contributed by atoms with E-state index in [1.54, 1.807) is 6.20 Å². The average molecular weight is 487 g/mol. The van der Waals surface area contributed by atoms with Crippen LogP contribution in [0.25, 0.3) is 10.8 Å². The Hall–Kier alpha value is -4.91. The van der Waals surface area contributed by atoms with Gasteiger partial charge in [-0.15, -0.1) is 0 Å². The van der Waals surface area contributed by atoms with Crippen molar-refractivity contribution in [2.45, 2.75) is 19.8 Å². The highest BCUT2D eigenvalue weighted by Crippen LogP contribution is 2.28. The fourth-order valence-corrected chi connectivity index (χ4v) is 4.59. The third-order valence-corrected chi connectivity index (χ3v) is 6.49. The number of carbonyl (C=O) groups excluding carboxylic acids is 1. The first-order valence-corrected chi connectivity index (χ1v) is 12.3. The largest absolute Gasteiger partial charge is 0.340 e. The van der Waals surface area contributed by atoms with E-state index in [-0.39, 0.29) is 6.03 Å². The van der Waals surface area contributed by atoms with E-state index in [0.717, 1.165) is 63.3 Å². The number of fused-ring (bicyclic) bond motifs is 7. The summed E-state index contributed by atoms with van der Waals surface area (Å²) in [4.78, 5) is 22.2. The quantitative estimate of drug-likeness (QED) is 0.212. The first-order chi connectivity index (χ1) is 18.1. The van der Waals surface area contributed by atoms with Crippen LogP contribution in [0, 0.1) is 6.92 Å². The average Bonchev–Trinajstić information content (AvgIpc) is 2.91. The molecule has 6 bridgehead atoms. The number of nitrogens with one attached hydrogen (secondary N) is 4. The zero-order chi connectivity index (χ0) is 25.2. The Kier molecular flexibility index (Phi) is 5.86. The van der Waals surface area contributed by atoms with Crippen LogP contribution in [0.1, 0.15) is 16.7 Å². The minimum Gasteiger partial charge on any atom is -0.340 e. The van der Waals surface area contributed by atoms with Gasteiger partial charge in [0.15, 0.2) is 0 Å².